The highest BCUT2D eigenvalue weighted by Gasteiger charge is 2.45. The number of rotatable bonds is 9. The van der Waals surface area contributed by atoms with Crippen molar-refractivity contribution in [1.82, 2.24) is 19.6 Å². The third-order valence-corrected chi connectivity index (χ3v) is 11.8. The number of fused-ring (bicyclic) bond motifs is 2. The van der Waals surface area contributed by atoms with E-state index < -0.39 is 6.04 Å². The van der Waals surface area contributed by atoms with Gasteiger partial charge in [-0.05, 0) is 110 Å². The fourth-order valence-electron chi connectivity index (χ4n) is 7.96. The van der Waals surface area contributed by atoms with Crippen molar-refractivity contribution < 1.29 is 23.9 Å². The highest BCUT2D eigenvalue weighted by Crippen LogP contribution is 2.33. The Labute approximate surface area is 328 Å². The highest BCUT2D eigenvalue weighted by molar-refractivity contribution is 7.80. The van der Waals surface area contributed by atoms with Crippen molar-refractivity contribution in [3.63, 3.8) is 0 Å². The van der Waals surface area contributed by atoms with Crippen LogP contribution in [0.15, 0.2) is 54.6 Å². The highest BCUT2D eigenvalue weighted by atomic mass is 32.1. The van der Waals surface area contributed by atoms with Crippen LogP contribution in [0.2, 0.25) is 0 Å². The lowest BCUT2D eigenvalue weighted by atomic mass is 9.94. The summed E-state index contributed by atoms with van der Waals surface area (Å²) >= 11 is 5.48. The number of piperidine rings is 2. The van der Waals surface area contributed by atoms with Crippen molar-refractivity contribution in [1.29, 1.82) is 5.26 Å². The van der Waals surface area contributed by atoms with E-state index in [2.05, 4.69) is 22.8 Å². The number of ether oxygens (including phenoxy) is 1. The number of hydrogen-bond acceptors (Lipinski definition) is 8. The molecule has 3 aromatic rings. The molecule has 1 atom stereocenters. The molecule has 282 valence electrons. The number of amides is 4. The smallest absolute Gasteiger partial charge is 0.262 e. The van der Waals surface area contributed by atoms with Crippen LogP contribution in [-0.4, -0.2) is 93.6 Å². The van der Waals surface area contributed by atoms with E-state index in [1.165, 1.54) is 9.80 Å². The minimum Gasteiger partial charge on any atom is -0.490 e. The minimum atomic E-state index is -0.575. The van der Waals surface area contributed by atoms with Gasteiger partial charge in [-0.3, -0.25) is 29.0 Å². The number of unbranched alkanes of at least 4 members (excludes halogenated alkanes) is 3. The van der Waals surface area contributed by atoms with Gasteiger partial charge in [0.05, 0.1) is 28.8 Å². The number of aryl methyl sites for hydroxylation is 1. The van der Waals surface area contributed by atoms with Crippen LogP contribution in [0, 0.1) is 30.1 Å². The van der Waals surface area contributed by atoms with Crippen LogP contribution in [0.5, 0.6) is 5.75 Å². The molecule has 4 heterocycles. The number of benzene rings is 3. The molecule has 0 saturated carbocycles. The van der Waals surface area contributed by atoms with Crippen molar-refractivity contribution in [3.8, 4) is 23.7 Å². The molecule has 55 heavy (non-hydrogen) atoms. The number of imide groups is 1. The molecule has 10 nitrogen and oxygen atoms in total. The van der Waals surface area contributed by atoms with Crippen LogP contribution in [0.1, 0.15) is 110 Å². The molecule has 11 heteroatoms. The van der Waals surface area contributed by atoms with E-state index in [4.69, 9.17) is 22.2 Å². The van der Waals surface area contributed by atoms with Gasteiger partial charge in [-0.2, -0.15) is 5.26 Å². The fourth-order valence-corrected chi connectivity index (χ4v) is 8.28. The molecule has 0 bridgehead atoms. The number of nitriles is 1. The SMILES string of the molecule is Cc1cc(OC2CCN(C(=O)c3ccc(C#CCCCCCN4CCc5cc6c(cc5C4)C(=O)N(C4CCC(=O)N(C)C4=S)C6=O)cc3)CC2)ccc1C#N. The van der Waals surface area contributed by atoms with Crippen LogP contribution in [0.25, 0.3) is 0 Å². The van der Waals surface area contributed by atoms with E-state index in [1.807, 2.05) is 60.4 Å². The van der Waals surface area contributed by atoms with Gasteiger partial charge in [0.25, 0.3) is 17.7 Å². The van der Waals surface area contributed by atoms with Gasteiger partial charge in [-0.25, -0.2) is 0 Å². The lowest BCUT2D eigenvalue weighted by Gasteiger charge is -2.34. The normalized spacial score (nSPS) is 18.8. The molecule has 0 aromatic heterocycles. The first-order chi connectivity index (χ1) is 26.6. The molecular formula is C44H45N5O5S. The summed E-state index contributed by atoms with van der Waals surface area (Å²) in [6, 6.07) is 18.5. The number of thiocarbonyl (C=S) groups is 1. The van der Waals surface area contributed by atoms with Gasteiger partial charge in [0.2, 0.25) is 5.91 Å². The second-order valence-electron chi connectivity index (χ2n) is 14.9. The second kappa shape index (κ2) is 16.6. The van der Waals surface area contributed by atoms with E-state index in [0.29, 0.717) is 46.8 Å². The summed E-state index contributed by atoms with van der Waals surface area (Å²) in [6.07, 6.45) is 6.91. The summed E-state index contributed by atoms with van der Waals surface area (Å²) < 4.78 is 6.14. The summed E-state index contributed by atoms with van der Waals surface area (Å²) in [5, 5.41) is 9.16. The molecule has 3 aromatic carbocycles. The molecule has 0 spiro atoms. The van der Waals surface area contributed by atoms with Gasteiger partial charge >= 0.3 is 0 Å². The Morgan fingerprint density at radius 1 is 0.891 bits per heavy atom. The van der Waals surface area contributed by atoms with Gasteiger partial charge in [0, 0.05) is 70.0 Å². The number of carbonyl (C=O) groups excluding carboxylic acids is 4. The Hall–Kier alpha value is -5.36. The maximum Gasteiger partial charge on any atom is 0.262 e. The maximum atomic E-state index is 13.5. The van der Waals surface area contributed by atoms with Crippen molar-refractivity contribution >= 4 is 40.8 Å². The van der Waals surface area contributed by atoms with E-state index in [1.54, 1.807) is 13.1 Å². The number of carbonyl (C=O) groups is 4. The zero-order valence-electron chi connectivity index (χ0n) is 31.4. The van der Waals surface area contributed by atoms with Gasteiger partial charge in [0.15, 0.2) is 0 Å². The van der Waals surface area contributed by atoms with Crippen molar-refractivity contribution in [3.05, 3.63) is 99.1 Å². The standard InChI is InChI=1S/C44H45N5O5S/c1-29-24-36(14-13-33(29)27-45)54-35-18-22-48(23-19-35)41(51)31-11-9-30(10-12-31)8-6-4-3-5-7-20-47-21-17-32-25-37-38(26-34(32)28-47)43(53)49(42(37)52)39-15-16-40(50)46(2)44(39)55/h9-14,24-26,35,39H,3-5,7,15-23,28H2,1-2H3. The third kappa shape index (κ3) is 8.19. The zero-order valence-corrected chi connectivity index (χ0v) is 32.3. The molecule has 0 aliphatic carbocycles. The maximum absolute atomic E-state index is 13.5. The average Bonchev–Trinajstić information content (AvgIpc) is 3.43. The summed E-state index contributed by atoms with van der Waals surface area (Å²) in [4.78, 5) is 59.4. The molecule has 4 aliphatic rings. The first-order valence-corrected chi connectivity index (χ1v) is 19.6. The van der Waals surface area contributed by atoms with Crippen LogP contribution >= 0.6 is 12.2 Å². The average molecular weight is 756 g/mol. The first kappa shape index (κ1) is 37.9. The second-order valence-corrected chi connectivity index (χ2v) is 15.3. The Balaban J connectivity index is 0.818. The molecule has 1 unspecified atom stereocenters. The van der Waals surface area contributed by atoms with E-state index in [9.17, 15) is 19.2 Å². The largest absolute Gasteiger partial charge is 0.490 e. The van der Waals surface area contributed by atoms with Crippen molar-refractivity contribution in [2.45, 2.75) is 83.4 Å². The predicted octanol–water partition coefficient (Wildman–Crippen LogP) is 6.06. The molecule has 0 radical (unpaired) electrons. The Morgan fingerprint density at radius 2 is 1.62 bits per heavy atom. The van der Waals surface area contributed by atoms with Crippen LogP contribution in [-0.2, 0) is 17.8 Å². The number of nitrogens with zero attached hydrogens (tertiary/aromatic N) is 5. The van der Waals surface area contributed by atoms with Gasteiger partial charge in [-0.15, -0.1) is 0 Å². The minimum absolute atomic E-state index is 0.0242. The quantitative estimate of drug-likeness (QED) is 0.112. The molecule has 4 amide bonds. The van der Waals surface area contributed by atoms with Crippen LogP contribution in [0.3, 0.4) is 0 Å². The number of likely N-dealkylation sites (N-methyl/N-ethyl adjacent to an activating group) is 1. The molecular weight excluding hydrogens is 711 g/mol. The Bertz CT molecular complexity index is 2140. The fraction of sp³-hybridized carbons (Fsp3) is 0.409. The lowest BCUT2D eigenvalue weighted by Crippen LogP contribution is -2.53. The molecule has 4 aliphatic heterocycles. The molecule has 7 rings (SSSR count). The monoisotopic (exact) mass is 755 g/mol. The lowest BCUT2D eigenvalue weighted by molar-refractivity contribution is -0.127. The van der Waals surface area contributed by atoms with Gasteiger partial charge in [-0.1, -0.05) is 30.5 Å². The summed E-state index contributed by atoms with van der Waals surface area (Å²) in [5.41, 5.74) is 6.19. The predicted molar refractivity (Wildman–Crippen MR) is 212 cm³/mol. The summed E-state index contributed by atoms with van der Waals surface area (Å²) in [6.45, 7) is 5.78. The molecule has 2 fully saturated rings. The van der Waals surface area contributed by atoms with Crippen molar-refractivity contribution in [2.75, 3.05) is 33.2 Å². The van der Waals surface area contributed by atoms with E-state index in [-0.39, 0.29) is 36.2 Å². The van der Waals surface area contributed by atoms with Crippen LogP contribution in [0.4, 0.5) is 0 Å². The Kier molecular flexibility index (Phi) is 11.4. The molecule has 0 N–H and O–H groups in total. The van der Waals surface area contributed by atoms with Gasteiger partial charge in [0.1, 0.15) is 16.8 Å². The number of likely N-dealkylation sites (tertiary alicyclic amines) is 2. The summed E-state index contributed by atoms with van der Waals surface area (Å²) in [7, 11) is 1.60. The van der Waals surface area contributed by atoms with Crippen molar-refractivity contribution in [2.24, 2.45) is 0 Å². The Morgan fingerprint density at radius 3 is 2.33 bits per heavy atom. The molecule has 2 saturated heterocycles. The van der Waals surface area contributed by atoms with Gasteiger partial charge < -0.3 is 14.5 Å². The summed E-state index contributed by atoms with van der Waals surface area (Å²) in [5.74, 6) is 6.58. The first-order valence-electron chi connectivity index (χ1n) is 19.2. The van der Waals surface area contributed by atoms with E-state index in [0.717, 1.165) is 92.6 Å². The van der Waals surface area contributed by atoms with Crippen LogP contribution < -0.4 is 4.74 Å². The van der Waals surface area contributed by atoms with E-state index >= 15 is 0 Å². The topological polar surface area (TPSA) is 114 Å². The zero-order chi connectivity index (χ0) is 38.6. The number of hydrogen-bond donors (Lipinski definition) is 0. The third-order valence-electron chi connectivity index (χ3n) is 11.3.